The van der Waals surface area contributed by atoms with E-state index in [1.165, 1.54) is 22.6 Å². The van der Waals surface area contributed by atoms with E-state index in [0.717, 1.165) is 19.4 Å². The summed E-state index contributed by atoms with van der Waals surface area (Å²) in [5.74, 6) is 1.92. The molecule has 136 valence electrons. The van der Waals surface area contributed by atoms with Gasteiger partial charge in [0.2, 0.25) is 0 Å². The maximum absolute atomic E-state index is 2.52. The first kappa shape index (κ1) is 18.4. The molecule has 1 unspecified atom stereocenters. The molecule has 1 aromatic heterocycles. The second-order valence-corrected chi connectivity index (χ2v) is 7.46. The molecule has 0 bridgehead atoms. The van der Waals surface area contributed by atoms with Gasteiger partial charge in [-0.15, -0.1) is 0 Å². The molecule has 0 amide bonds. The smallest absolute Gasteiger partial charge is 0.232 e. The van der Waals surface area contributed by atoms with Gasteiger partial charge < -0.3 is 0 Å². The van der Waals surface area contributed by atoms with Crippen LogP contribution in [0.4, 0.5) is 0 Å². The van der Waals surface area contributed by atoms with Gasteiger partial charge in [0.15, 0.2) is 0 Å². The average Bonchev–Trinajstić information content (AvgIpc) is 3.00. The van der Waals surface area contributed by atoms with E-state index in [0.29, 0.717) is 12.0 Å². The predicted octanol–water partition coefficient (Wildman–Crippen LogP) is 5.31. The molecule has 3 rings (SSSR count). The van der Waals surface area contributed by atoms with Gasteiger partial charge in [-0.25, -0.2) is 9.13 Å². The topological polar surface area (TPSA) is 8.81 Å². The van der Waals surface area contributed by atoms with Crippen molar-refractivity contribution in [3.63, 3.8) is 0 Å². The number of hydrogen-bond donors (Lipinski definition) is 0. The zero-order valence-corrected chi connectivity index (χ0v) is 16.5. The first-order valence-electron chi connectivity index (χ1n) is 9.81. The van der Waals surface area contributed by atoms with E-state index >= 15 is 0 Å². The van der Waals surface area contributed by atoms with Gasteiger partial charge in [-0.3, -0.25) is 0 Å². The van der Waals surface area contributed by atoms with Crippen molar-refractivity contribution in [3.8, 4) is 0 Å². The van der Waals surface area contributed by atoms with Crippen LogP contribution in [0.25, 0.3) is 0 Å². The molecule has 2 aromatic carbocycles. The Morgan fingerprint density at radius 1 is 0.885 bits per heavy atom. The maximum atomic E-state index is 2.52. The third-order valence-corrected chi connectivity index (χ3v) is 5.21. The van der Waals surface area contributed by atoms with Gasteiger partial charge in [0.25, 0.3) is 5.82 Å². The van der Waals surface area contributed by atoms with Crippen molar-refractivity contribution in [1.29, 1.82) is 0 Å². The van der Waals surface area contributed by atoms with E-state index in [2.05, 4.69) is 104 Å². The van der Waals surface area contributed by atoms with Crippen LogP contribution in [0.5, 0.6) is 0 Å². The Kier molecular flexibility index (Phi) is 5.92. The minimum Gasteiger partial charge on any atom is -0.232 e. The monoisotopic (exact) mass is 347 g/mol. The highest BCUT2D eigenvalue weighted by Crippen LogP contribution is 2.21. The zero-order chi connectivity index (χ0) is 18.5. The molecule has 26 heavy (non-hydrogen) atoms. The van der Waals surface area contributed by atoms with Crippen LogP contribution < -0.4 is 4.57 Å². The number of imidazole rings is 1. The number of rotatable bonds is 7. The number of benzene rings is 2. The molecule has 1 heterocycles. The van der Waals surface area contributed by atoms with E-state index in [-0.39, 0.29) is 0 Å². The number of aromatic nitrogens is 2. The van der Waals surface area contributed by atoms with Crippen molar-refractivity contribution < 1.29 is 4.57 Å². The number of hydrogen-bond acceptors (Lipinski definition) is 0. The fourth-order valence-corrected chi connectivity index (χ4v) is 3.78. The van der Waals surface area contributed by atoms with Crippen molar-refractivity contribution in [2.75, 3.05) is 0 Å². The quantitative estimate of drug-likeness (QED) is 0.512. The summed E-state index contributed by atoms with van der Waals surface area (Å²) in [6, 6.07) is 22.1. The van der Waals surface area contributed by atoms with Gasteiger partial charge in [0.05, 0.1) is 19.0 Å². The van der Waals surface area contributed by atoms with Crippen LogP contribution in [0.2, 0.25) is 0 Å². The Labute approximate surface area is 158 Å². The lowest BCUT2D eigenvalue weighted by atomic mass is 9.96. The summed E-state index contributed by atoms with van der Waals surface area (Å²) in [7, 11) is 0. The Balaban J connectivity index is 1.94. The van der Waals surface area contributed by atoms with E-state index < -0.39 is 0 Å². The lowest BCUT2D eigenvalue weighted by molar-refractivity contribution is -0.707. The Bertz CT molecular complexity index is 816. The van der Waals surface area contributed by atoms with Crippen molar-refractivity contribution in [3.05, 3.63) is 89.5 Å². The van der Waals surface area contributed by atoms with Crippen molar-refractivity contribution in [1.82, 2.24) is 4.57 Å². The summed E-state index contributed by atoms with van der Waals surface area (Å²) in [4.78, 5) is 0. The molecule has 1 atom stereocenters. The Morgan fingerprint density at radius 3 is 2.08 bits per heavy atom. The van der Waals surface area contributed by atoms with Gasteiger partial charge in [0.1, 0.15) is 11.9 Å². The second kappa shape index (κ2) is 8.35. The van der Waals surface area contributed by atoms with Gasteiger partial charge in [-0.05, 0) is 37.8 Å². The van der Waals surface area contributed by atoms with Gasteiger partial charge in [-0.2, -0.15) is 0 Å². The predicted molar refractivity (Wildman–Crippen MR) is 108 cm³/mol. The molecular formula is C24H31N2+. The van der Waals surface area contributed by atoms with Crippen LogP contribution in [0, 0.1) is 0 Å². The molecule has 2 heteroatoms. The zero-order valence-electron chi connectivity index (χ0n) is 16.5. The van der Waals surface area contributed by atoms with Crippen LogP contribution in [-0.2, 0) is 19.4 Å². The molecule has 0 saturated carbocycles. The molecule has 2 nitrogen and oxygen atoms in total. The number of nitrogens with zero attached hydrogens (tertiary/aromatic N) is 2. The summed E-state index contributed by atoms with van der Waals surface area (Å²) in [6.07, 6.45) is 4.43. The van der Waals surface area contributed by atoms with Crippen LogP contribution >= 0.6 is 0 Å². The minimum absolute atomic E-state index is 0.465. The summed E-state index contributed by atoms with van der Waals surface area (Å²) in [5, 5.41) is 0. The summed E-state index contributed by atoms with van der Waals surface area (Å²) in [6.45, 7) is 10.2. The third kappa shape index (κ3) is 4.07. The van der Waals surface area contributed by atoms with Crippen molar-refractivity contribution in [2.24, 2.45) is 0 Å². The fraction of sp³-hybridized carbons (Fsp3) is 0.375. The van der Waals surface area contributed by atoms with Crippen molar-refractivity contribution in [2.45, 2.75) is 59.0 Å². The van der Waals surface area contributed by atoms with E-state index in [1.807, 2.05) is 0 Å². The highest BCUT2D eigenvalue weighted by Gasteiger charge is 2.25. The fourth-order valence-electron chi connectivity index (χ4n) is 3.78. The molecule has 0 radical (unpaired) electrons. The third-order valence-electron chi connectivity index (χ3n) is 5.21. The van der Waals surface area contributed by atoms with Crippen LogP contribution in [0.15, 0.2) is 66.9 Å². The Hall–Kier alpha value is -2.35. The Morgan fingerprint density at radius 2 is 1.50 bits per heavy atom. The van der Waals surface area contributed by atoms with Crippen molar-refractivity contribution >= 4 is 0 Å². The van der Waals surface area contributed by atoms with Crippen LogP contribution in [0.1, 0.15) is 62.3 Å². The van der Waals surface area contributed by atoms with Gasteiger partial charge >= 0.3 is 0 Å². The molecule has 0 saturated heterocycles. The van der Waals surface area contributed by atoms with E-state index in [1.54, 1.807) is 0 Å². The van der Waals surface area contributed by atoms with Crippen LogP contribution in [-0.4, -0.2) is 4.57 Å². The lowest BCUT2D eigenvalue weighted by Gasteiger charge is -2.11. The van der Waals surface area contributed by atoms with E-state index in [9.17, 15) is 0 Å². The molecule has 0 aliphatic heterocycles. The summed E-state index contributed by atoms with van der Waals surface area (Å²) < 4.78 is 4.98. The first-order valence-corrected chi connectivity index (χ1v) is 9.81. The SMILES string of the molecule is CC[n+]1c(CC(C)c2ccccc2)cn(C(C)C)c1Cc1ccccc1. The average molecular weight is 348 g/mol. The maximum Gasteiger partial charge on any atom is 0.261 e. The normalized spacial score (nSPS) is 12.5. The molecule has 0 spiro atoms. The molecule has 0 aliphatic carbocycles. The highest BCUT2D eigenvalue weighted by molar-refractivity contribution is 5.21. The van der Waals surface area contributed by atoms with Crippen LogP contribution in [0.3, 0.4) is 0 Å². The molecular weight excluding hydrogens is 316 g/mol. The lowest BCUT2D eigenvalue weighted by Crippen LogP contribution is -2.40. The standard InChI is InChI=1S/C24H31N2/c1-5-25-23(16-20(4)22-14-10-7-11-15-22)18-26(19(2)3)24(25)17-21-12-8-6-9-13-21/h6-15,18-20H,5,16-17H2,1-4H3/q+1. The molecule has 0 fully saturated rings. The first-order chi connectivity index (χ1) is 12.6. The summed E-state index contributed by atoms with van der Waals surface area (Å²) in [5.41, 5.74) is 4.22. The molecule has 0 aliphatic rings. The second-order valence-electron chi connectivity index (χ2n) is 7.46. The largest absolute Gasteiger partial charge is 0.261 e. The molecule has 3 aromatic rings. The van der Waals surface area contributed by atoms with Gasteiger partial charge in [-0.1, -0.05) is 67.6 Å². The minimum atomic E-state index is 0.465. The summed E-state index contributed by atoms with van der Waals surface area (Å²) >= 11 is 0. The van der Waals surface area contributed by atoms with Gasteiger partial charge in [0, 0.05) is 6.42 Å². The highest BCUT2D eigenvalue weighted by atomic mass is 15.2. The van der Waals surface area contributed by atoms with E-state index in [4.69, 9.17) is 0 Å². The molecule has 0 N–H and O–H groups in total.